The topological polar surface area (TPSA) is 84.0 Å². The van der Waals surface area contributed by atoms with E-state index in [9.17, 15) is 13.2 Å². The molecule has 0 bridgehead atoms. The first-order chi connectivity index (χ1) is 11.9. The van der Waals surface area contributed by atoms with Crippen molar-refractivity contribution in [1.29, 1.82) is 0 Å². The Kier molecular flexibility index (Phi) is 3.85. The van der Waals surface area contributed by atoms with Crippen molar-refractivity contribution in [2.45, 2.75) is 24.3 Å². The third kappa shape index (κ3) is 3.29. The van der Waals surface area contributed by atoms with E-state index in [2.05, 4.69) is 9.82 Å². The van der Waals surface area contributed by atoms with E-state index in [0.29, 0.717) is 22.0 Å². The molecule has 1 aliphatic rings. The number of hydrogen-bond donors (Lipinski definition) is 2. The lowest BCUT2D eigenvalue weighted by molar-refractivity contribution is 0.576. The maximum Gasteiger partial charge on any atom is 0.272 e. The van der Waals surface area contributed by atoms with Crippen molar-refractivity contribution in [3.05, 3.63) is 57.8 Å². The van der Waals surface area contributed by atoms with Crippen LogP contribution in [0, 0.1) is 5.92 Å². The lowest BCUT2D eigenvalue weighted by atomic mass is 10.2. The van der Waals surface area contributed by atoms with Gasteiger partial charge in [0, 0.05) is 17.3 Å². The summed E-state index contributed by atoms with van der Waals surface area (Å²) in [7, 11) is -3.77. The standard InChI is InChI=1S/C17H16ClN3O3S/c18-12-2-1-3-14(8-12)25(23,24)20-13-6-7-16-15(9-13)17(22)19-21(16)10-11-4-5-11/h1-3,6-9,11,20H,4-5,10H2,(H,19,22). The molecule has 0 amide bonds. The van der Waals surface area contributed by atoms with E-state index in [1.54, 1.807) is 30.3 Å². The van der Waals surface area contributed by atoms with Crippen LogP contribution in [0.25, 0.3) is 10.9 Å². The molecule has 4 rings (SSSR count). The van der Waals surface area contributed by atoms with Crippen LogP contribution in [0.3, 0.4) is 0 Å². The Morgan fingerprint density at radius 3 is 2.72 bits per heavy atom. The second-order valence-electron chi connectivity index (χ2n) is 6.29. The Bertz CT molecular complexity index is 1110. The van der Waals surface area contributed by atoms with Gasteiger partial charge in [0.25, 0.3) is 15.6 Å². The molecule has 2 aromatic carbocycles. The maximum absolute atomic E-state index is 12.5. The Labute approximate surface area is 149 Å². The first-order valence-electron chi connectivity index (χ1n) is 7.93. The van der Waals surface area contributed by atoms with E-state index < -0.39 is 10.0 Å². The zero-order valence-corrected chi connectivity index (χ0v) is 14.8. The smallest absolute Gasteiger partial charge is 0.272 e. The second-order valence-corrected chi connectivity index (χ2v) is 8.41. The minimum atomic E-state index is -3.77. The number of aromatic amines is 1. The van der Waals surface area contributed by atoms with E-state index in [0.717, 1.165) is 12.1 Å². The van der Waals surface area contributed by atoms with Gasteiger partial charge in [-0.25, -0.2) is 8.42 Å². The van der Waals surface area contributed by atoms with E-state index in [4.69, 9.17) is 11.6 Å². The Morgan fingerprint density at radius 1 is 1.20 bits per heavy atom. The number of fused-ring (bicyclic) bond motifs is 1. The van der Waals surface area contributed by atoms with Crippen LogP contribution in [0.1, 0.15) is 12.8 Å². The van der Waals surface area contributed by atoms with Crippen molar-refractivity contribution in [3.63, 3.8) is 0 Å². The molecule has 1 heterocycles. The molecular weight excluding hydrogens is 362 g/mol. The first-order valence-corrected chi connectivity index (χ1v) is 9.79. The molecule has 25 heavy (non-hydrogen) atoms. The van der Waals surface area contributed by atoms with Crippen molar-refractivity contribution in [2.75, 3.05) is 4.72 Å². The third-order valence-electron chi connectivity index (χ3n) is 4.26. The van der Waals surface area contributed by atoms with E-state index in [-0.39, 0.29) is 10.5 Å². The normalized spacial score (nSPS) is 14.8. The third-order valence-corrected chi connectivity index (χ3v) is 5.88. The molecule has 1 saturated carbocycles. The van der Waals surface area contributed by atoms with Gasteiger partial charge in [0.2, 0.25) is 0 Å². The monoisotopic (exact) mass is 377 g/mol. The number of hydrogen-bond acceptors (Lipinski definition) is 3. The summed E-state index contributed by atoms with van der Waals surface area (Å²) in [6.45, 7) is 0.784. The molecule has 0 saturated heterocycles. The predicted octanol–water partition coefficient (Wildman–Crippen LogP) is 3.19. The summed E-state index contributed by atoms with van der Waals surface area (Å²) < 4.78 is 29.3. The highest BCUT2D eigenvalue weighted by molar-refractivity contribution is 7.92. The number of nitrogens with one attached hydrogen (secondary N) is 2. The molecule has 0 unspecified atom stereocenters. The molecule has 3 aromatic rings. The van der Waals surface area contributed by atoms with Gasteiger partial charge in [-0.15, -0.1) is 0 Å². The number of sulfonamides is 1. The van der Waals surface area contributed by atoms with Gasteiger partial charge in [-0.3, -0.25) is 19.3 Å². The highest BCUT2D eigenvalue weighted by atomic mass is 35.5. The summed E-state index contributed by atoms with van der Waals surface area (Å²) in [6, 6.07) is 11.0. The summed E-state index contributed by atoms with van der Waals surface area (Å²) in [5.74, 6) is 0.618. The number of rotatable bonds is 5. The summed E-state index contributed by atoms with van der Waals surface area (Å²) in [4.78, 5) is 12.2. The number of H-pyrrole nitrogens is 1. The highest BCUT2D eigenvalue weighted by Crippen LogP contribution is 2.31. The van der Waals surface area contributed by atoms with Crippen molar-refractivity contribution < 1.29 is 8.42 Å². The Morgan fingerprint density at radius 2 is 2.00 bits per heavy atom. The van der Waals surface area contributed by atoms with Crippen molar-refractivity contribution >= 4 is 38.2 Å². The fourth-order valence-electron chi connectivity index (χ4n) is 2.81. The fraction of sp³-hybridized carbons (Fsp3) is 0.235. The van der Waals surface area contributed by atoms with E-state index >= 15 is 0 Å². The van der Waals surface area contributed by atoms with Gasteiger partial charge in [-0.2, -0.15) is 0 Å². The summed E-state index contributed by atoms with van der Waals surface area (Å²) in [6.07, 6.45) is 2.36. The number of anilines is 1. The summed E-state index contributed by atoms with van der Waals surface area (Å²) in [5.41, 5.74) is 0.893. The highest BCUT2D eigenvalue weighted by Gasteiger charge is 2.23. The van der Waals surface area contributed by atoms with Crippen LogP contribution >= 0.6 is 11.6 Å². The largest absolute Gasteiger partial charge is 0.284 e. The minimum absolute atomic E-state index is 0.0697. The second kappa shape index (κ2) is 5.93. The van der Waals surface area contributed by atoms with E-state index in [1.165, 1.54) is 25.0 Å². The number of nitrogens with zero attached hydrogens (tertiary/aromatic N) is 1. The minimum Gasteiger partial charge on any atom is -0.284 e. The SMILES string of the molecule is O=c1[nH]n(CC2CC2)c2ccc(NS(=O)(=O)c3cccc(Cl)c3)cc12. The lowest BCUT2D eigenvalue weighted by Gasteiger charge is -2.09. The number of halogens is 1. The van der Waals surface area contributed by atoms with Crippen LogP contribution in [0.4, 0.5) is 5.69 Å². The fourth-order valence-corrected chi connectivity index (χ4v) is 4.16. The first kappa shape index (κ1) is 16.2. The molecule has 0 radical (unpaired) electrons. The number of benzene rings is 2. The van der Waals surface area contributed by atoms with Gasteiger partial charge in [0.15, 0.2) is 0 Å². The molecule has 130 valence electrons. The summed E-state index contributed by atoms with van der Waals surface area (Å²) in [5, 5.41) is 3.62. The van der Waals surface area contributed by atoms with Gasteiger partial charge in [-0.1, -0.05) is 17.7 Å². The van der Waals surface area contributed by atoms with Gasteiger partial charge in [-0.05, 0) is 55.2 Å². The molecule has 6 nitrogen and oxygen atoms in total. The Balaban J connectivity index is 1.68. The van der Waals surface area contributed by atoms with Gasteiger partial charge in [0.05, 0.1) is 15.8 Å². The number of aromatic nitrogens is 2. The molecule has 0 aliphatic heterocycles. The molecule has 0 spiro atoms. The molecule has 1 aliphatic carbocycles. The average Bonchev–Trinajstić information content (AvgIpc) is 3.32. The van der Waals surface area contributed by atoms with Crippen molar-refractivity contribution in [2.24, 2.45) is 5.92 Å². The van der Waals surface area contributed by atoms with Crippen molar-refractivity contribution in [1.82, 2.24) is 9.78 Å². The van der Waals surface area contributed by atoms with Crippen LogP contribution in [0.2, 0.25) is 5.02 Å². The lowest BCUT2D eigenvalue weighted by Crippen LogP contribution is -2.13. The van der Waals surface area contributed by atoms with E-state index in [1.807, 2.05) is 4.68 Å². The quantitative estimate of drug-likeness (QED) is 0.716. The van der Waals surface area contributed by atoms with Gasteiger partial charge in [0.1, 0.15) is 0 Å². The van der Waals surface area contributed by atoms with Crippen LogP contribution < -0.4 is 10.3 Å². The molecule has 0 atom stereocenters. The van der Waals surface area contributed by atoms with Crippen LogP contribution in [0.15, 0.2) is 52.2 Å². The molecular formula is C17H16ClN3O3S. The maximum atomic E-state index is 12.5. The molecule has 1 fully saturated rings. The predicted molar refractivity (Wildman–Crippen MR) is 97.5 cm³/mol. The molecule has 8 heteroatoms. The zero-order chi connectivity index (χ0) is 17.6. The Hall–Kier alpha value is -2.25. The summed E-state index contributed by atoms with van der Waals surface area (Å²) >= 11 is 5.86. The molecule has 1 aromatic heterocycles. The molecule has 2 N–H and O–H groups in total. The van der Waals surface area contributed by atoms with Crippen LogP contribution in [-0.4, -0.2) is 18.2 Å². The van der Waals surface area contributed by atoms with Gasteiger partial charge >= 0.3 is 0 Å². The van der Waals surface area contributed by atoms with Crippen LogP contribution in [-0.2, 0) is 16.6 Å². The zero-order valence-electron chi connectivity index (χ0n) is 13.2. The average molecular weight is 378 g/mol. The van der Waals surface area contributed by atoms with Gasteiger partial charge < -0.3 is 0 Å². The van der Waals surface area contributed by atoms with Crippen LogP contribution in [0.5, 0.6) is 0 Å². The van der Waals surface area contributed by atoms with Crippen molar-refractivity contribution in [3.8, 4) is 0 Å².